The fourth-order valence-corrected chi connectivity index (χ4v) is 3.76. The number of piperidine rings is 1. The van der Waals surface area contributed by atoms with Crippen LogP contribution < -0.4 is 5.32 Å². The van der Waals surface area contributed by atoms with Gasteiger partial charge in [-0.05, 0) is 43.7 Å². The number of nitrogens with one attached hydrogen (secondary N) is 1. The molecule has 1 saturated heterocycles. The van der Waals surface area contributed by atoms with Crippen molar-refractivity contribution in [2.45, 2.75) is 44.7 Å². The van der Waals surface area contributed by atoms with Crippen molar-refractivity contribution in [3.05, 3.63) is 29.3 Å². The normalized spacial score (nSPS) is 33.9. The van der Waals surface area contributed by atoms with Gasteiger partial charge >= 0.3 is 0 Å². The molecule has 0 radical (unpaired) electrons. The maximum atomic E-state index is 4.85. The van der Waals surface area contributed by atoms with Crippen LogP contribution in [0.5, 0.6) is 0 Å². The molecule has 1 saturated carbocycles. The Morgan fingerprint density at radius 1 is 1.29 bits per heavy atom. The molecular weight excluding hydrogens is 208 g/mol. The zero-order valence-electron chi connectivity index (χ0n) is 10.2. The van der Waals surface area contributed by atoms with Gasteiger partial charge < -0.3 is 5.32 Å². The van der Waals surface area contributed by atoms with Gasteiger partial charge in [-0.3, -0.25) is 4.99 Å². The van der Waals surface area contributed by atoms with Crippen LogP contribution in [-0.2, 0) is 6.42 Å². The molecule has 0 amide bonds. The van der Waals surface area contributed by atoms with Crippen LogP contribution in [0.4, 0.5) is 5.69 Å². The highest BCUT2D eigenvalue weighted by Gasteiger charge is 2.42. The summed E-state index contributed by atoms with van der Waals surface area (Å²) in [5.74, 6) is 0.856. The lowest BCUT2D eigenvalue weighted by atomic mass is 9.93. The van der Waals surface area contributed by atoms with Gasteiger partial charge in [0.15, 0.2) is 0 Å². The summed E-state index contributed by atoms with van der Waals surface area (Å²) in [6.07, 6.45) is 5.22. The van der Waals surface area contributed by atoms with Gasteiger partial charge in [-0.15, -0.1) is 0 Å². The maximum Gasteiger partial charge on any atom is 0.0665 e. The minimum Gasteiger partial charge on any atom is -0.306 e. The third-order valence-corrected chi connectivity index (χ3v) is 4.59. The SMILES string of the molecule is Cc1ccc2c(c1)CC([C@H]1N[C@@H]3CC[C@H]1C3)=N2. The van der Waals surface area contributed by atoms with Gasteiger partial charge in [0.25, 0.3) is 0 Å². The molecule has 1 aliphatic carbocycles. The summed E-state index contributed by atoms with van der Waals surface area (Å²) in [5.41, 5.74) is 5.36. The predicted octanol–water partition coefficient (Wildman–Crippen LogP) is 2.76. The Hall–Kier alpha value is -1.15. The molecule has 2 heterocycles. The van der Waals surface area contributed by atoms with Crippen molar-refractivity contribution in [1.82, 2.24) is 5.32 Å². The molecule has 3 atom stereocenters. The Balaban J connectivity index is 1.63. The summed E-state index contributed by atoms with van der Waals surface area (Å²) >= 11 is 0. The fourth-order valence-electron chi connectivity index (χ4n) is 3.76. The van der Waals surface area contributed by atoms with Gasteiger partial charge in [-0.2, -0.15) is 0 Å². The monoisotopic (exact) mass is 226 g/mol. The highest BCUT2D eigenvalue weighted by molar-refractivity contribution is 5.98. The first-order valence-electron chi connectivity index (χ1n) is 6.72. The van der Waals surface area contributed by atoms with E-state index in [0.717, 1.165) is 18.4 Å². The molecule has 2 heteroatoms. The lowest BCUT2D eigenvalue weighted by molar-refractivity contribution is 0.452. The van der Waals surface area contributed by atoms with Crippen LogP contribution in [-0.4, -0.2) is 17.8 Å². The Labute approximate surface area is 102 Å². The van der Waals surface area contributed by atoms with Crippen molar-refractivity contribution in [2.24, 2.45) is 10.9 Å². The number of nitrogens with zero attached hydrogens (tertiary/aromatic N) is 1. The van der Waals surface area contributed by atoms with Gasteiger partial charge in [0, 0.05) is 24.2 Å². The minimum absolute atomic E-state index is 0.571. The van der Waals surface area contributed by atoms with E-state index in [1.54, 1.807) is 0 Å². The first-order valence-corrected chi connectivity index (χ1v) is 6.72. The summed E-state index contributed by atoms with van der Waals surface area (Å²) in [6, 6.07) is 7.98. The molecule has 4 rings (SSSR count). The second-order valence-electron chi connectivity index (χ2n) is 5.83. The standard InChI is InChI=1S/C15H18N2/c1-9-2-5-13-11(6-9)8-14(17-13)15-10-3-4-12(7-10)16-15/h2,5-6,10,12,15-16H,3-4,7-8H2,1H3/t10-,12+,15-/m0/s1. The van der Waals surface area contributed by atoms with E-state index in [0.29, 0.717) is 6.04 Å². The zero-order valence-corrected chi connectivity index (χ0v) is 10.2. The summed E-state index contributed by atoms with van der Waals surface area (Å²) in [7, 11) is 0. The van der Waals surface area contributed by atoms with E-state index in [9.17, 15) is 0 Å². The molecular formula is C15H18N2. The van der Waals surface area contributed by atoms with Crippen molar-refractivity contribution in [1.29, 1.82) is 0 Å². The van der Waals surface area contributed by atoms with E-state index >= 15 is 0 Å². The Bertz CT molecular complexity index is 504. The van der Waals surface area contributed by atoms with Crippen molar-refractivity contribution >= 4 is 11.4 Å². The molecule has 1 N–H and O–H groups in total. The summed E-state index contributed by atoms with van der Waals surface area (Å²) in [6.45, 7) is 2.16. The predicted molar refractivity (Wildman–Crippen MR) is 70.0 cm³/mol. The second-order valence-corrected chi connectivity index (χ2v) is 5.83. The first-order chi connectivity index (χ1) is 8.29. The highest BCUT2D eigenvalue weighted by Crippen LogP contribution is 2.39. The molecule has 3 aliphatic rings. The van der Waals surface area contributed by atoms with Crippen LogP contribution in [0.15, 0.2) is 23.2 Å². The van der Waals surface area contributed by atoms with Gasteiger partial charge in [-0.25, -0.2) is 0 Å². The van der Waals surface area contributed by atoms with Crippen molar-refractivity contribution < 1.29 is 0 Å². The molecule has 0 unspecified atom stereocenters. The van der Waals surface area contributed by atoms with Crippen LogP contribution in [0, 0.1) is 12.8 Å². The van der Waals surface area contributed by atoms with Crippen LogP contribution in [0.25, 0.3) is 0 Å². The molecule has 17 heavy (non-hydrogen) atoms. The number of aryl methyl sites for hydroxylation is 1. The molecule has 0 spiro atoms. The Kier molecular flexibility index (Phi) is 1.98. The van der Waals surface area contributed by atoms with Crippen molar-refractivity contribution in [3.8, 4) is 0 Å². The number of hydrogen-bond acceptors (Lipinski definition) is 2. The van der Waals surface area contributed by atoms with Gasteiger partial charge in [0.1, 0.15) is 0 Å². The number of fused-ring (bicyclic) bond motifs is 3. The molecule has 1 aromatic carbocycles. The number of aliphatic imine (C=N–C) groups is 1. The van der Waals surface area contributed by atoms with E-state index in [1.807, 2.05) is 0 Å². The Morgan fingerprint density at radius 2 is 2.24 bits per heavy atom. The van der Waals surface area contributed by atoms with Crippen LogP contribution in [0.2, 0.25) is 0 Å². The summed E-state index contributed by atoms with van der Waals surface area (Å²) < 4.78 is 0. The highest BCUT2D eigenvalue weighted by atomic mass is 15.0. The van der Waals surface area contributed by atoms with Crippen molar-refractivity contribution in [2.75, 3.05) is 0 Å². The second kappa shape index (κ2) is 3.42. The fraction of sp³-hybridized carbons (Fsp3) is 0.533. The molecule has 88 valence electrons. The molecule has 0 aromatic heterocycles. The summed E-state index contributed by atoms with van der Waals surface area (Å²) in [4.78, 5) is 4.85. The average molecular weight is 226 g/mol. The van der Waals surface area contributed by atoms with E-state index in [1.165, 1.54) is 41.8 Å². The summed E-state index contributed by atoms with van der Waals surface area (Å²) in [5, 5.41) is 3.75. The van der Waals surface area contributed by atoms with Crippen LogP contribution >= 0.6 is 0 Å². The molecule has 2 fully saturated rings. The Morgan fingerprint density at radius 3 is 3.00 bits per heavy atom. The van der Waals surface area contributed by atoms with E-state index in [-0.39, 0.29) is 0 Å². The van der Waals surface area contributed by atoms with Gasteiger partial charge in [-0.1, -0.05) is 17.7 Å². The number of hydrogen-bond donors (Lipinski definition) is 1. The largest absolute Gasteiger partial charge is 0.306 e. The maximum absolute atomic E-state index is 4.85. The van der Waals surface area contributed by atoms with Gasteiger partial charge in [0.05, 0.1) is 5.69 Å². The molecule has 2 bridgehead atoms. The quantitative estimate of drug-likeness (QED) is 0.782. The average Bonchev–Trinajstić information content (AvgIpc) is 3.01. The van der Waals surface area contributed by atoms with Crippen LogP contribution in [0.1, 0.15) is 30.4 Å². The van der Waals surface area contributed by atoms with E-state index in [4.69, 9.17) is 4.99 Å². The third kappa shape index (κ3) is 1.47. The molecule has 1 aromatic rings. The topological polar surface area (TPSA) is 24.4 Å². The van der Waals surface area contributed by atoms with E-state index < -0.39 is 0 Å². The third-order valence-electron chi connectivity index (χ3n) is 4.59. The van der Waals surface area contributed by atoms with Gasteiger partial charge in [0.2, 0.25) is 0 Å². The lowest BCUT2D eigenvalue weighted by Crippen LogP contribution is -2.41. The zero-order chi connectivity index (χ0) is 11.4. The smallest absolute Gasteiger partial charge is 0.0665 e. The van der Waals surface area contributed by atoms with E-state index in [2.05, 4.69) is 30.4 Å². The van der Waals surface area contributed by atoms with Crippen LogP contribution in [0.3, 0.4) is 0 Å². The number of rotatable bonds is 1. The lowest BCUT2D eigenvalue weighted by Gasteiger charge is -2.23. The molecule has 2 nitrogen and oxygen atoms in total. The van der Waals surface area contributed by atoms with Crippen molar-refractivity contribution in [3.63, 3.8) is 0 Å². The minimum atomic E-state index is 0.571. The number of benzene rings is 1. The molecule has 2 aliphatic heterocycles. The first kappa shape index (κ1) is 9.84.